The van der Waals surface area contributed by atoms with Crippen LogP contribution in [-0.4, -0.2) is 33.1 Å². The fourth-order valence-electron chi connectivity index (χ4n) is 3.46. The highest BCUT2D eigenvalue weighted by Gasteiger charge is 2.26. The van der Waals surface area contributed by atoms with Gasteiger partial charge in [-0.05, 0) is 24.1 Å². The summed E-state index contributed by atoms with van der Waals surface area (Å²) in [4.78, 5) is 27.6. The molecule has 6 heteroatoms. The number of benzene rings is 3. The predicted octanol–water partition coefficient (Wildman–Crippen LogP) is 4.34. The maximum atomic E-state index is 13.2. The minimum atomic E-state index is -0.949. The molecule has 1 aromatic heterocycles. The molecule has 0 aliphatic carbocycles. The van der Waals surface area contributed by atoms with Crippen molar-refractivity contribution in [3.05, 3.63) is 102 Å². The summed E-state index contributed by atoms with van der Waals surface area (Å²) < 4.78 is 5.51. The molecule has 4 rings (SSSR count). The van der Waals surface area contributed by atoms with Gasteiger partial charge < -0.3 is 9.64 Å². The number of amides is 1. The Kier molecular flexibility index (Phi) is 6.08. The van der Waals surface area contributed by atoms with E-state index in [9.17, 15) is 9.59 Å². The lowest BCUT2D eigenvalue weighted by molar-refractivity contribution is -0.141. The van der Waals surface area contributed by atoms with Crippen molar-refractivity contribution in [3.63, 3.8) is 0 Å². The summed E-state index contributed by atoms with van der Waals surface area (Å²) >= 11 is 0. The molecular formula is C25H23N3O3. The average Bonchev–Trinajstić information content (AvgIpc) is 3.24. The van der Waals surface area contributed by atoms with Crippen LogP contribution in [0.5, 0.6) is 0 Å². The molecule has 156 valence electrons. The third kappa shape index (κ3) is 4.80. The third-order valence-corrected chi connectivity index (χ3v) is 5.04. The largest absolute Gasteiger partial charge is 0.448 e. The number of para-hydroxylation sites is 1. The predicted molar refractivity (Wildman–Crippen MR) is 118 cm³/mol. The summed E-state index contributed by atoms with van der Waals surface area (Å²) in [7, 11) is 0. The van der Waals surface area contributed by atoms with E-state index < -0.39 is 12.1 Å². The number of hydrogen-bond donors (Lipinski definition) is 1. The van der Waals surface area contributed by atoms with Gasteiger partial charge in [0.05, 0.1) is 5.52 Å². The molecule has 0 saturated heterocycles. The van der Waals surface area contributed by atoms with E-state index in [1.807, 2.05) is 78.9 Å². The molecule has 1 amide bonds. The number of aromatic amines is 1. The van der Waals surface area contributed by atoms with Crippen molar-refractivity contribution < 1.29 is 14.3 Å². The van der Waals surface area contributed by atoms with Crippen LogP contribution < -0.4 is 0 Å². The molecule has 0 saturated carbocycles. The Bertz CT molecular complexity index is 1130. The number of carbonyl (C=O) groups is 2. The number of carbonyl (C=O) groups excluding carboxylic acids is 2. The first kappa shape index (κ1) is 20.3. The number of ether oxygens (including phenoxy) is 1. The van der Waals surface area contributed by atoms with Crippen molar-refractivity contribution in [3.8, 4) is 0 Å². The average molecular weight is 413 g/mol. The van der Waals surface area contributed by atoms with Gasteiger partial charge in [-0.1, -0.05) is 78.9 Å². The summed E-state index contributed by atoms with van der Waals surface area (Å²) in [6.07, 6.45) is -0.949. The van der Waals surface area contributed by atoms with Gasteiger partial charge in [0.25, 0.3) is 5.91 Å². The van der Waals surface area contributed by atoms with Gasteiger partial charge in [-0.3, -0.25) is 9.89 Å². The van der Waals surface area contributed by atoms with Crippen LogP contribution in [0.15, 0.2) is 84.9 Å². The van der Waals surface area contributed by atoms with Gasteiger partial charge >= 0.3 is 5.97 Å². The number of fused-ring (bicyclic) bond motifs is 1. The maximum Gasteiger partial charge on any atom is 0.360 e. The van der Waals surface area contributed by atoms with Crippen LogP contribution in [0.3, 0.4) is 0 Å². The Morgan fingerprint density at radius 2 is 1.42 bits per heavy atom. The number of hydrogen-bond acceptors (Lipinski definition) is 4. The van der Waals surface area contributed by atoms with Gasteiger partial charge in [0, 0.05) is 18.5 Å². The monoisotopic (exact) mass is 413 g/mol. The summed E-state index contributed by atoms with van der Waals surface area (Å²) in [5.41, 5.74) is 2.92. The Labute approximate surface area is 180 Å². The molecule has 0 aliphatic heterocycles. The van der Waals surface area contributed by atoms with Crippen LogP contribution in [0, 0.1) is 0 Å². The Balaban J connectivity index is 1.51. The molecule has 4 aromatic rings. The smallest absolute Gasteiger partial charge is 0.360 e. The van der Waals surface area contributed by atoms with Crippen LogP contribution in [0.1, 0.15) is 28.5 Å². The molecule has 1 atom stereocenters. The Morgan fingerprint density at radius 1 is 0.871 bits per heavy atom. The van der Waals surface area contributed by atoms with Crippen LogP contribution in [0.25, 0.3) is 10.9 Å². The first-order valence-corrected chi connectivity index (χ1v) is 10.1. The number of nitrogens with one attached hydrogen (secondary N) is 1. The third-order valence-electron chi connectivity index (χ3n) is 5.04. The van der Waals surface area contributed by atoms with Gasteiger partial charge in [0.2, 0.25) is 0 Å². The highest BCUT2D eigenvalue weighted by molar-refractivity contribution is 6.02. The van der Waals surface area contributed by atoms with Crippen molar-refractivity contribution >= 4 is 22.8 Å². The number of rotatable bonds is 7. The van der Waals surface area contributed by atoms with E-state index >= 15 is 0 Å². The molecule has 1 N–H and O–H groups in total. The van der Waals surface area contributed by atoms with Crippen molar-refractivity contribution in [2.24, 2.45) is 0 Å². The zero-order valence-corrected chi connectivity index (χ0v) is 17.2. The first-order chi connectivity index (χ1) is 15.1. The highest BCUT2D eigenvalue weighted by atomic mass is 16.5. The topological polar surface area (TPSA) is 75.3 Å². The standard InChI is InChI=1S/C25H23N3O3/c1-18(31-25(30)23-21-14-8-9-15-22(21)26-27-23)24(29)28(16-19-10-4-2-5-11-19)17-20-12-6-3-7-13-20/h2-15,18H,16-17H2,1H3,(H,26,27)/t18-/m1/s1. The van der Waals surface area contributed by atoms with E-state index in [1.165, 1.54) is 0 Å². The van der Waals surface area contributed by atoms with Gasteiger partial charge in [-0.15, -0.1) is 0 Å². The van der Waals surface area contributed by atoms with E-state index in [-0.39, 0.29) is 11.6 Å². The normalized spacial score (nSPS) is 11.8. The summed E-state index contributed by atoms with van der Waals surface area (Å²) in [5.74, 6) is -0.890. The second-order valence-electron chi connectivity index (χ2n) is 7.33. The zero-order chi connectivity index (χ0) is 21.6. The summed E-state index contributed by atoms with van der Waals surface area (Å²) in [6.45, 7) is 2.43. The molecule has 6 nitrogen and oxygen atoms in total. The van der Waals surface area contributed by atoms with E-state index in [0.29, 0.717) is 18.5 Å². The lowest BCUT2D eigenvalue weighted by Gasteiger charge is -2.26. The summed E-state index contributed by atoms with van der Waals surface area (Å²) in [6, 6.07) is 26.8. The van der Waals surface area contributed by atoms with Crippen LogP contribution in [-0.2, 0) is 22.6 Å². The van der Waals surface area contributed by atoms with Crippen molar-refractivity contribution in [1.82, 2.24) is 15.1 Å². The van der Waals surface area contributed by atoms with Crippen LogP contribution in [0.2, 0.25) is 0 Å². The number of H-pyrrole nitrogens is 1. The fourth-order valence-corrected chi connectivity index (χ4v) is 3.46. The second-order valence-corrected chi connectivity index (χ2v) is 7.33. The molecular weight excluding hydrogens is 390 g/mol. The van der Waals surface area contributed by atoms with Crippen molar-refractivity contribution in [2.45, 2.75) is 26.1 Å². The second kappa shape index (κ2) is 9.26. The highest BCUT2D eigenvalue weighted by Crippen LogP contribution is 2.18. The van der Waals surface area contributed by atoms with Gasteiger partial charge in [-0.2, -0.15) is 5.10 Å². The fraction of sp³-hybridized carbons (Fsp3) is 0.160. The van der Waals surface area contributed by atoms with E-state index in [1.54, 1.807) is 17.9 Å². The molecule has 0 unspecified atom stereocenters. The minimum Gasteiger partial charge on any atom is -0.448 e. The number of aromatic nitrogens is 2. The molecule has 0 bridgehead atoms. The quantitative estimate of drug-likeness (QED) is 0.458. The Hall–Kier alpha value is -3.93. The molecule has 0 fully saturated rings. The molecule has 0 aliphatic rings. The van der Waals surface area contributed by atoms with Gasteiger partial charge in [0.15, 0.2) is 11.8 Å². The Morgan fingerprint density at radius 3 is 2.03 bits per heavy atom. The van der Waals surface area contributed by atoms with Gasteiger partial charge in [-0.25, -0.2) is 4.79 Å². The zero-order valence-electron chi connectivity index (χ0n) is 17.2. The van der Waals surface area contributed by atoms with E-state index in [2.05, 4.69) is 10.2 Å². The minimum absolute atomic E-state index is 0.174. The lowest BCUT2D eigenvalue weighted by Crippen LogP contribution is -2.39. The molecule has 1 heterocycles. The van der Waals surface area contributed by atoms with Crippen LogP contribution in [0.4, 0.5) is 0 Å². The van der Waals surface area contributed by atoms with Crippen molar-refractivity contribution in [1.29, 1.82) is 0 Å². The molecule has 3 aromatic carbocycles. The molecule has 31 heavy (non-hydrogen) atoms. The molecule has 0 radical (unpaired) electrons. The van der Waals surface area contributed by atoms with Crippen molar-refractivity contribution in [2.75, 3.05) is 0 Å². The molecule has 0 spiro atoms. The van der Waals surface area contributed by atoms with Gasteiger partial charge in [0.1, 0.15) is 0 Å². The first-order valence-electron chi connectivity index (χ1n) is 10.1. The maximum absolute atomic E-state index is 13.2. The number of esters is 1. The number of nitrogens with zero attached hydrogens (tertiary/aromatic N) is 2. The summed E-state index contributed by atoms with van der Waals surface area (Å²) in [5, 5.41) is 7.54. The van der Waals surface area contributed by atoms with Crippen LogP contribution >= 0.6 is 0 Å². The van der Waals surface area contributed by atoms with E-state index in [4.69, 9.17) is 4.74 Å². The lowest BCUT2D eigenvalue weighted by atomic mass is 10.1. The van der Waals surface area contributed by atoms with E-state index in [0.717, 1.165) is 16.6 Å². The SMILES string of the molecule is C[C@@H](OC(=O)c1n[nH]c2ccccc12)C(=O)N(Cc1ccccc1)Cc1ccccc1.